The van der Waals surface area contributed by atoms with Gasteiger partial charge in [0.15, 0.2) is 9.84 Å². The molecule has 0 saturated carbocycles. The fraction of sp³-hybridized carbons (Fsp3) is 0.200. The van der Waals surface area contributed by atoms with Crippen LogP contribution in [-0.4, -0.2) is 30.6 Å². The number of aryl methyl sites for hydroxylation is 1. The molecule has 0 bridgehead atoms. The summed E-state index contributed by atoms with van der Waals surface area (Å²) in [4.78, 5) is 25.5. The number of rotatable bonds is 8. The molecule has 0 saturated heterocycles. The number of aromatic hydroxyl groups is 1. The molecule has 0 aliphatic heterocycles. The lowest BCUT2D eigenvalue weighted by atomic mass is 10.2. The van der Waals surface area contributed by atoms with E-state index in [-0.39, 0.29) is 33.5 Å². The van der Waals surface area contributed by atoms with Gasteiger partial charge in [-0.05, 0) is 49.2 Å². The third-order valence-electron chi connectivity index (χ3n) is 5.16. The molecule has 0 heterocycles. The predicted molar refractivity (Wildman–Crippen MR) is 133 cm³/mol. The fourth-order valence-corrected chi connectivity index (χ4v) is 5.45. The summed E-state index contributed by atoms with van der Waals surface area (Å²) < 4.78 is 26.4. The van der Waals surface area contributed by atoms with Crippen molar-refractivity contribution in [3.05, 3.63) is 82.9 Å². The maximum absolute atomic E-state index is 13.2. The number of anilines is 2. The Kier molecular flexibility index (Phi) is 7.96. The molecule has 178 valence electrons. The van der Waals surface area contributed by atoms with Crippen LogP contribution >= 0.6 is 11.6 Å². The molecule has 0 aliphatic rings. The maximum atomic E-state index is 13.2. The van der Waals surface area contributed by atoms with Gasteiger partial charge in [-0.3, -0.25) is 9.59 Å². The van der Waals surface area contributed by atoms with E-state index in [9.17, 15) is 23.1 Å². The average Bonchev–Trinajstić information content (AvgIpc) is 2.81. The van der Waals surface area contributed by atoms with Crippen molar-refractivity contribution in [2.24, 2.45) is 0 Å². The Morgan fingerprint density at radius 2 is 1.68 bits per heavy atom. The minimum atomic E-state index is -3.96. The van der Waals surface area contributed by atoms with E-state index < -0.39 is 26.9 Å². The molecule has 3 aromatic carbocycles. The third kappa shape index (κ3) is 5.76. The summed E-state index contributed by atoms with van der Waals surface area (Å²) in [5.74, 6) is -1.54. The molecule has 9 heteroatoms. The Bertz CT molecular complexity index is 1310. The molecule has 3 N–H and O–H groups in total. The van der Waals surface area contributed by atoms with E-state index in [0.717, 1.165) is 5.56 Å². The van der Waals surface area contributed by atoms with E-state index in [1.807, 2.05) is 0 Å². The maximum Gasteiger partial charge on any atom is 0.255 e. The van der Waals surface area contributed by atoms with Gasteiger partial charge >= 0.3 is 0 Å². The van der Waals surface area contributed by atoms with Gasteiger partial charge in [-0.2, -0.15) is 0 Å². The lowest BCUT2D eigenvalue weighted by Crippen LogP contribution is -2.35. The minimum absolute atomic E-state index is 0.0257. The summed E-state index contributed by atoms with van der Waals surface area (Å²) in [5.41, 5.74) is 1.23. The van der Waals surface area contributed by atoms with E-state index in [0.29, 0.717) is 12.0 Å². The van der Waals surface area contributed by atoms with Crippen molar-refractivity contribution in [3.8, 4) is 5.75 Å². The molecular weight excluding hydrogens is 476 g/mol. The number of hydrogen-bond donors (Lipinski definition) is 3. The van der Waals surface area contributed by atoms with Gasteiger partial charge < -0.3 is 15.7 Å². The Morgan fingerprint density at radius 3 is 2.32 bits per heavy atom. The molecule has 2 amide bonds. The summed E-state index contributed by atoms with van der Waals surface area (Å²) in [7, 11) is -3.96. The van der Waals surface area contributed by atoms with Gasteiger partial charge in [-0.25, -0.2) is 8.42 Å². The Morgan fingerprint density at radius 1 is 0.971 bits per heavy atom. The number of carbonyl (C=O) groups is 2. The van der Waals surface area contributed by atoms with Crippen LogP contribution in [0.2, 0.25) is 5.02 Å². The number of halogens is 1. The lowest BCUT2D eigenvalue weighted by Gasteiger charge is -2.18. The molecule has 1 atom stereocenters. The van der Waals surface area contributed by atoms with Gasteiger partial charge in [0.2, 0.25) is 5.91 Å². The second-order valence-corrected chi connectivity index (χ2v) is 10.3. The molecule has 0 aromatic heterocycles. The van der Waals surface area contributed by atoms with Crippen LogP contribution in [0.4, 0.5) is 11.4 Å². The van der Waals surface area contributed by atoms with E-state index in [2.05, 4.69) is 10.6 Å². The van der Waals surface area contributed by atoms with Crippen LogP contribution in [0.1, 0.15) is 35.7 Å². The normalized spacial score (nSPS) is 12.1. The van der Waals surface area contributed by atoms with E-state index in [1.54, 1.807) is 56.3 Å². The summed E-state index contributed by atoms with van der Waals surface area (Å²) in [6.07, 6.45) is 0.573. The molecule has 0 spiro atoms. The molecule has 3 rings (SSSR count). The van der Waals surface area contributed by atoms with Crippen LogP contribution in [0.3, 0.4) is 0 Å². The van der Waals surface area contributed by atoms with Crippen molar-refractivity contribution in [1.82, 2.24) is 0 Å². The highest BCUT2D eigenvalue weighted by Crippen LogP contribution is 2.35. The van der Waals surface area contributed by atoms with E-state index in [4.69, 9.17) is 11.6 Å². The summed E-state index contributed by atoms with van der Waals surface area (Å²) >= 11 is 6.28. The van der Waals surface area contributed by atoms with Gasteiger partial charge in [-0.15, -0.1) is 0 Å². The van der Waals surface area contributed by atoms with E-state index >= 15 is 0 Å². The molecule has 3 aromatic rings. The first-order valence-corrected chi connectivity index (χ1v) is 12.6. The van der Waals surface area contributed by atoms with Crippen LogP contribution in [0, 0.1) is 6.92 Å². The van der Waals surface area contributed by atoms with Crippen molar-refractivity contribution >= 4 is 44.6 Å². The monoisotopic (exact) mass is 500 g/mol. The number of nitrogens with one attached hydrogen (secondary N) is 2. The average molecular weight is 501 g/mol. The molecule has 0 fully saturated rings. The second-order valence-electron chi connectivity index (χ2n) is 7.80. The van der Waals surface area contributed by atoms with Crippen LogP contribution in [0.5, 0.6) is 5.75 Å². The summed E-state index contributed by atoms with van der Waals surface area (Å²) in [6.45, 7) is 3.56. The molecular formula is C25H25ClN2O5S. The van der Waals surface area contributed by atoms with Gasteiger partial charge in [0.1, 0.15) is 11.0 Å². The predicted octanol–water partition coefficient (Wildman–Crippen LogP) is 5.19. The van der Waals surface area contributed by atoms with Crippen LogP contribution in [0.15, 0.2) is 71.6 Å². The molecule has 0 aliphatic carbocycles. The Hall–Kier alpha value is -3.36. The van der Waals surface area contributed by atoms with Crippen molar-refractivity contribution in [2.75, 3.05) is 10.6 Å². The number of phenolic OH excluding ortho intramolecular Hbond substituents is 1. The van der Waals surface area contributed by atoms with Gasteiger partial charge in [0.05, 0.1) is 21.3 Å². The highest BCUT2D eigenvalue weighted by molar-refractivity contribution is 7.92. The Labute approximate surface area is 203 Å². The quantitative estimate of drug-likeness (QED) is 0.368. The highest BCUT2D eigenvalue weighted by Gasteiger charge is 2.33. The first-order valence-electron chi connectivity index (χ1n) is 10.6. The number of amides is 2. The smallest absolute Gasteiger partial charge is 0.255 e. The van der Waals surface area contributed by atoms with Crippen molar-refractivity contribution in [2.45, 2.75) is 36.8 Å². The highest BCUT2D eigenvalue weighted by atomic mass is 35.5. The molecule has 0 radical (unpaired) electrons. The number of carbonyl (C=O) groups excluding carboxylic acids is 2. The number of hydrogen-bond acceptors (Lipinski definition) is 5. The number of benzene rings is 3. The zero-order valence-corrected chi connectivity index (χ0v) is 20.3. The first-order chi connectivity index (χ1) is 16.1. The second kappa shape index (κ2) is 10.7. The van der Waals surface area contributed by atoms with Gasteiger partial charge in [0.25, 0.3) is 5.91 Å². The molecule has 1 unspecified atom stereocenters. The topological polar surface area (TPSA) is 113 Å². The van der Waals surface area contributed by atoms with Crippen LogP contribution in [-0.2, 0) is 14.6 Å². The van der Waals surface area contributed by atoms with Crippen LogP contribution < -0.4 is 10.6 Å². The molecule has 7 nitrogen and oxygen atoms in total. The minimum Gasteiger partial charge on any atom is -0.506 e. The largest absolute Gasteiger partial charge is 0.506 e. The summed E-state index contributed by atoms with van der Waals surface area (Å²) in [6, 6.07) is 17.3. The van der Waals surface area contributed by atoms with Crippen molar-refractivity contribution < 1.29 is 23.1 Å². The van der Waals surface area contributed by atoms with Gasteiger partial charge in [-0.1, -0.05) is 55.3 Å². The van der Waals surface area contributed by atoms with E-state index in [1.165, 1.54) is 24.3 Å². The van der Waals surface area contributed by atoms with Crippen molar-refractivity contribution in [3.63, 3.8) is 0 Å². The standard InChI is InChI=1S/C25H25ClN2O5S/c1-3-8-23(34(32,33)18-12-7-9-16(2)13-18)25(31)27-20-15-22(29)21(14-19(20)26)28-24(30)17-10-5-4-6-11-17/h4-7,9-15,23,29H,3,8H2,1-2H3,(H,27,31)(H,28,30). The Balaban J connectivity index is 1.83. The summed E-state index contributed by atoms with van der Waals surface area (Å²) in [5, 5.41) is 14.2. The number of phenols is 1. The lowest BCUT2D eigenvalue weighted by molar-refractivity contribution is -0.115. The van der Waals surface area contributed by atoms with Gasteiger partial charge in [0, 0.05) is 11.6 Å². The fourth-order valence-electron chi connectivity index (χ4n) is 3.40. The SMILES string of the molecule is CCCC(C(=O)Nc1cc(O)c(NC(=O)c2ccccc2)cc1Cl)S(=O)(=O)c1cccc(C)c1. The first kappa shape index (κ1) is 25.3. The number of sulfone groups is 1. The zero-order valence-electron chi connectivity index (χ0n) is 18.7. The molecule has 34 heavy (non-hydrogen) atoms. The third-order valence-corrected chi connectivity index (χ3v) is 7.59. The zero-order chi connectivity index (χ0) is 24.9. The van der Waals surface area contributed by atoms with Crippen molar-refractivity contribution in [1.29, 1.82) is 0 Å². The van der Waals surface area contributed by atoms with Crippen LogP contribution in [0.25, 0.3) is 0 Å².